The molecule has 0 amide bonds. The topological polar surface area (TPSA) is 43.9 Å². The summed E-state index contributed by atoms with van der Waals surface area (Å²) in [6.07, 6.45) is 0. The van der Waals surface area contributed by atoms with Crippen LogP contribution in [0.5, 0.6) is 0 Å². The van der Waals surface area contributed by atoms with E-state index in [2.05, 4.69) is 69.4 Å². The molecule has 0 spiro atoms. The van der Waals surface area contributed by atoms with Crippen LogP contribution in [0.15, 0.2) is 26.0 Å². The minimum absolute atomic E-state index is 0.299. The van der Waals surface area contributed by atoms with Crippen LogP contribution in [0, 0.1) is 0 Å². The second-order valence-corrected chi connectivity index (χ2v) is 13.4. The zero-order chi connectivity index (χ0) is 20.6. The third-order valence-corrected chi connectivity index (χ3v) is 10.3. The van der Waals surface area contributed by atoms with Gasteiger partial charge >= 0.3 is 0 Å². The number of rotatable bonds is 4. The van der Waals surface area contributed by atoms with Crippen LogP contribution in [0.3, 0.4) is 0 Å². The Morgan fingerprint density at radius 3 is 1.96 bits per heavy atom. The van der Waals surface area contributed by atoms with Crippen molar-refractivity contribution in [3.8, 4) is 0 Å². The van der Waals surface area contributed by atoms with Gasteiger partial charge < -0.3 is 4.90 Å². The summed E-state index contributed by atoms with van der Waals surface area (Å²) in [4.78, 5) is 5.13. The van der Waals surface area contributed by atoms with Gasteiger partial charge in [-0.3, -0.25) is 4.90 Å². The van der Waals surface area contributed by atoms with E-state index in [1.165, 1.54) is 0 Å². The predicted octanol–water partition coefficient (Wildman–Crippen LogP) is 4.26. The number of nitrogens with zero attached hydrogens (tertiary/aromatic N) is 3. The van der Waals surface area contributed by atoms with Crippen LogP contribution in [0.25, 0.3) is 0 Å². The fraction of sp³-hybridized carbons (Fsp3) is 0.684. The highest BCUT2D eigenvalue weighted by molar-refractivity contribution is 9.11. The molecule has 1 aromatic rings. The fourth-order valence-corrected chi connectivity index (χ4v) is 9.54. The maximum Gasteiger partial charge on any atom is 0.245 e. The molecule has 0 radical (unpaired) electrons. The van der Waals surface area contributed by atoms with Gasteiger partial charge in [0, 0.05) is 70.4 Å². The minimum atomic E-state index is -3.56. The highest BCUT2D eigenvalue weighted by atomic mass is 79.9. The van der Waals surface area contributed by atoms with Gasteiger partial charge in [-0.05, 0) is 57.8 Å². The van der Waals surface area contributed by atoms with Crippen molar-refractivity contribution in [2.24, 2.45) is 0 Å². The molecule has 1 aromatic carbocycles. The number of thioether (sulfide) groups is 1. The Hall–Kier alpha value is 0.200. The molecule has 2 heterocycles. The largest absolute Gasteiger partial charge is 0.369 e. The number of benzene rings is 1. The molecule has 2 aliphatic heterocycles. The Kier molecular flexibility index (Phi) is 7.47. The van der Waals surface area contributed by atoms with Crippen molar-refractivity contribution < 1.29 is 8.42 Å². The number of anilines is 1. The van der Waals surface area contributed by atoms with Crippen LogP contribution in [0.2, 0.25) is 0 Å². The zero-order valence-corrected chi connectivity index (χ0v) is 21.7. The first kappa shape index (κ1) is 22.9. The average Bonchev–Trinajstić information content (AvgIpc) is 2.60. The average molecular weight is 555 g/mol. The van der Waals surface area contributed by atoms with Crippen LogP contribution >= 0.6 is 43.6 Å². The summed E-state index contributed by atoms with van der Waals surface area (Å²) in [5, 5.41) is 0.597. The van der Waals surface area contributed by atoms with Gasteiger partial charge in [-0.25, -0.2) is 8.42 Å². The molecule has 0 saturated carbocycles. The number of hydrogen-bond donors (Lipinski definition) is 0. The highest BCUT2D eigenvalue weighted by Gasteiger charge is 2.35. The molecule has 2 atom stereocenters. The molecule has 5 nitrogen and oxygen atoms in total. The molecular weight excluding hydrogens is 526 g/mol. The summed E-state index contributed by atoms with van der Waals surface area (Å²) in [5.41, 5.74) is 1.05. The number of halogens is 2. The smallest absolute Gasteiger partial charge is 0.245 e. The van der Waals surface area contributed by atoms with Gasteiger partial charge in [0.05, 0.1) is 0 Å². The lowest BCUT2D eigenvalue weighted by Gasteiger charge is -2.38. The van der Waals surface area contributed by atoms with Crippen molar-refractivity contribution in [2.75, 3.05) is 44.2 Å². The van der Waals surface area contributed by atoms with E-state index in [9.17, 15) is 8.42 Å². The Morgan fingerprint density at radius 2 is 1.50 bits per heavy atom. The molecular formula is C19H29Br2N3O2S2. The first-order chi connectivity index (χ1) is 13.1. The van der Waals surface area contributed by atoms with E-state index in [0.717, 1.165) is 31.9 Å². The van der Waals surface area contributed by atoms with Crippen molar-refractivity contribution in [1.82, 2.24) is 9.21 Å². The monoisotopic (exact) mass is 553 g/mol. The van der Waals surface area contributed by atoms with Gasteiger partial charge in [-0.1, -0.05) is 13.8 Å². The van der Waals surface area contributed by atoms with E-state index in [1.807, 2.05) is 23.9 Å². The number of sulfonamides is 1. The zero-order valence-electron chi connectivity index (χ0n) is 16.9. The standard InChI is InChI=1S/C19H29Br2N3O2S2/c1-13(2)22-5-7-23(8-6-22)16-9-17(20)19(18(21)10-16)28(25,26)24-11-14(3)27-15(4)12-24/h9-10,13-15H,5-8,11-12H2,1-4H3. The molecule has 28 heavy (non-hydrogen) atoms. The lowest BCUT2D eigenvalue weighted by molar-refractivity contribution is 0.209. The maximum atomic E-state index is 13.4. The van der Waals surface area contributed by atoms with E-state index >= 15 is 0 Å². The van der Waals surface area contributed by atoms with Crippen molar-refractivity contribution in [2.45, 2.75) is 49.1 Å². The first-order valence-electron chi connectivity index (χ1n) is 9.73. The fourth-order valence-electron chi connectivity index (χ4n) is 3.93. The van der Waals surface area contributed by atoms with Crippen LogP contribution in [0.1, 0.15) is 27.7 Å². The van der Waals surface area contributed by atoms with Gasteiger partial charge in [-0.15, -0.1) is 0 Å². The van der Waals surface area contributed by atoms with Crippen molar-refractivity contribution >= 4 is 59.3 Å². The molecule has 2 aliphatic rings. The lowest BCUT2D eigenvalue weighted by Crippen LogP contribution is -2.49. The minimum Gasteiger partial charge on any atom is -0.369 e. The molecule has 3 rings (SSSR count). The molecule has 9 heteroatoms. The Labute approximate surface area is 190 Å². The van der Waals surface area contributed by atoms with Crippen LogP contribution in [-0.4, -0.2) is 73.4 Å². The molecule has 0 aliphatic carbocycles. The summed E-state index contributed by atoms with van der Waals surface area (Å²) in [7, 11) is -3.56. The van der Waals surface area contributed by atoms with E-state index in [4.69, 9.17) is 0 Å². The normalized spacial score (nSPS) is 25.5. The molecule has 0 aromatic heterocycles. The Morgan fingerprint density at radius 1 is 1.00 bits per heavy atom. The van der Waals surface area contributed by atoms with Crippen molar-refractivity contribution in [3.63, 3.8) is 0 Å². The third kappa shape index (κ3) is 4.91. The molecule has 2 saturated heterocycles. The van der Waals surface area contributed by atoms with Crippen LogP contribution < -0.4 is 4.90 Å². The number of hydrogen-bond acceptors (Lipinski definition) is 5. The van der Waals surface area contributed by atoms with Gasteiger partial charge in [0.15, 0.2) is 0 Å². The second-order valence-electron chi connectivity index (χ2n) is 7.93. The lowest BCUT2D eigenvalue weighted by atomic mass is 10.2. The summed E-state index contributed by atoms with van der Waals surface area (Å²) in [6.45, 7) is 13.7. The third-order valence-electron chi connectivity index (χ3n) is 5.38. The summed E-state index contributed by atoms with van der Waals surface area (Å²) >= 11 is 8.96. The predicted molar refractivity (Wildman–Crippen MR) is 126 cm³/mol. The van der Waals surface area contributed by atoms with E-state index in [-0.39, 0.29) is 0 Å². The quantitative estimate of drug-likeness (QED) is 0.556. The van der Waals surface area contributed by atoms with Gasteiger partial charge in [0.1, 0.15) is 4.90 Å². The molecule has 2 unspecified atom stereocenters. The molecule has 0 bridgehead atoms. The van der Waals surface area contributed by atoms with E-state index < -0.39 is 10.0 Å². The molecule has 158 valence electrons. The van der Waals surface area contributed by atoms with Crippen LogP contribution in [-0.2, 0) is 10.0 Å². The van der Waals surface area contributed by atoms with E-state index in [0.29, 0.717) is 43.5 Å². The molecule has 0 N–H and O–H groups in total. The maximum absolute atomic E-state index is 13.4. The van der Waals surface area contributed by atoms with Gasteiger partial charge in [0.2, 0.25) is 10.0 Å². The van der Waals surface area contributed by atoms with E-state index in [1.54, 1.807) is 4.31 Å². The summed E-state index contributed by atoms with van der Waals surface area (Å²) < 4.78 is 29.6. The summed E-state index contributed by atoms with van der Waals surface area (Å²) in [6, 6.07) is 4.46. The van der Waals surface area contributed by atoms with Crippen molar-refractivity contribution in [3.05, 3.63) is 21.1 Å². The SMILES string of the molecule is CC1CN(S(=O)(=O)c2c(Br)cc(N3CCN(C(C)C)CC3)cc2Br)CC(C)S1. The van der Waals surface area contributed by atoms with Gasteiger partial charge in [-0.2, -0.15) is 16.1 Å². The van der Waals surface area contributed by atoms with Crippen LogP contribution in [0.4, 0.5) is 5.69 Å². The number of piperazine rings is 1. The molecule has 2 fully saturated rings. The van der Waals surface area contributed by atoms with Crippen molar-refractivity contribution in [1.29, 1.82) is 0 Å². The highest BCUT2D eigenvalue weighted by Crippen LogP contribution is 2.38. The first-order valence-corrected chi connectivity index (χ1v) is 13.7. The van der Waals surface area contributed by atoms with Gasteiger partial charge in [0.25, 0.3) is 0 Å². The Bertz CT molecular complexity index is 778. The summed E-state index contributed by atoms with van der Waals surface area (Å²) in [5.74, 6) is 0. The second kappa shape index (κ2) is 9.14. The Balaban J connectivity index is 1.84.